The van der Waals surface area contributed by atoms with Gasteiger partial charge < -0.3 is 15.2 Å². The molecule has 4 nitrogen and oxygen atoms in total. The van der Waals surface area contributed by atoms with Crippen LogP contribution in [-0.2, 0) is 21.4 Å². The van der Waals surface area contributed by atoms with E-state index in [9.17, 15) is 0 Å². The lowest BCUT2D eigenvalue weighted by molar-refractivity contribution is -0.00984. The number of benzene rings is 1. The lowest BCUT2D eigenvalue weighted by atomic mass is 9.62. The van der Waals surface area contributed by atoms with Crippen molar-refractivity contribution in [3.63, 3.8) is 0 Å². The Morgan fingerprint density at radius 1 is 1.36 bits per heavy atom. The molecule has 1 aromatic carbocycles. The van der Waals surface area contributed by atoms with Crippen molar-refractivity contribution in [1.29, 1.82) is 0 Å². The van der Waals surface area contributed by atoms with E-state index in [1.807, 2.05) is 7.11 Å². The van der Waals surface area contributed by atoms with E-state index in [0.717, 1.165) is 36.6 Å². The fourth-order valence-electron chi connectivity index (χ4n) is 4.69. The summed E-state index contributed by atoms with van der Waals surface area (Å²) in [5, 5.41) is 0. The summed E-state index contributed by atoms with van der Waals surface area (Å²) in [5.74, 6) is 0. The zero-order valence-electron chi connectivity index (χ0n) is 12.8. The number of hydrogen-bond donors (Lipinski definition) is 1. The van der Waals surface area contributed by atoms with Crippen LogP contribution < -0.4 is 5.73 Å². The molecule has 2 N–H and O–H groups in total. The molecule has 2 aliphatic carbocycles. The van der Waals surface area contributed by atoms with Crippen molar-refractivity contribution in [2.75, 3.05) is 13.7 Å². The molecule has 0 saturated heterocycles. The van der Waals surface area contributed by atoms with Crippen molar-refractivity contribution < 1.29 is 9.47 Å². The Balaban J connectivity index is 1.81. The second-order valence-electron chi connectivity index (χ2n) is 6.79. The largest absolute Gasteiger partial charge is 0.462 e. The Hall–Kier alpha value is -1.07. The highest BCUT2D eigenvalue weighted by Crippen LogP contribution is 2.61. The molecule has 1 fully saturated rings. The number of aliphatic imine (C=N–C) groups is 1. The summed E-state index contributed by atoms with van der Waals surface area (Å²) in [6, 6.07) is 6.89. The predicted molar refractivity (Wildman–Crippen MR) is 88.8 cm³/mol. The molecule has 0 aromatic heterocycles. The van der Waals surface area contributed by atoms with Gasteiger partial charge >= 0.3 is 0 Å². The number of methoxy groups -OCH3 is 1. The van der Waals surface area contributed by atoms with Gasteiger partial charge in [-0.3, -0.25) is 0 Å². The first kappa shape index (κ1) is 14.5. The minimum atomic E-state index is -0.311. The van der Waals surface area contributed by atoms with E-state index in [0.29, 0.717) is 18.7 Å². The third kappa shape index (κ3) is 1.88. The molecule has 22 heavy (non-hydrogen) atoms. The van der Waals surface area contributed by atoms with Crippen molar-refractivity contribution in [3.8, 4) is 0 Å². The number of fused-ring (bicyclic) bond motifs is 3. The van der Waals surface area contributed by atoms with Crippen LogP contribution in [0.3, 0.4) is 0 Å². The SMILES string of the molecule is CO[C@H]1CC[C@]2(CC1)Cc1ccc(Br)cc1C21COC(N)=N1. The van der Waals surface area contributed by atoms with E-state index in [4.69, 9.17) is 20.2 Å². The second kappa shape index (κ2) is 4.96. The van der Waals surface area contributed by atoms with Gasteiger partial charge in [0.1, 0.15) is 12.1 Å². The number of rotatable bonds is 1. The van der Waals surface area contributed by atoms with Gasteiger partial charge in [0.15, 0.2) is 0 Å². The van der Waals surface area contributed by atoms with Crippen molar-refractivity contribution in [2.24, 2.45) is 16.1 Å². The zero-order valence-corrected chi connectivity index (χ0v) is 14.4. The summed E-state index contributed by atoms with van der Waals surface area (Å²) in [6.45, 7) is 0.569. The Morgan fingerprint density at radius 3 is 2.77 bits per heavy atom. The molecule has 5 heteroatoms. The summed E-state index contributed by atoms with van der Waals surface area (Å²) in [4.78, 5) is 4.84. The standard InChI is InChI=1S/C17H21BrN2O2/c1-21-13-4-6-16(7-5-13)9-11-2-3-12(18)8-14(11)17(16)10-22-15(19)20-17/h2-3,8,13H,4-7,9-10H2,1H3,(H2,19,20)/t13-,16-,17?. The summed E-state index contributed by atoms with van der Waals surface area (Å²) in [7, 11) is 1.81. The average molecular weight is 365 g/mol. The number of nitrogens with zero attached hydrogens (tertiary/aromatic N) is 1. The molecule has 1 saturated carbocycles. The van der Waals surface area contributed by atoms with Gasteiger partial charge in [-0.1, -0.05) is 22.0 Å². The van der Waals surface area contributed by atoms with E-state index in [1.165, 1.54) is 11.1 Å². The van der Waals surface area contributed by atoms with Gasteiger partial charge in [0, 0.05) is 17.0 Å². The normalized spacial score (nSPS) is 36.5. The van der Waals surface area contributed by atoms with Crippen LogP contribution in [0.4, 0.5) is 0 Å². The first-order valence-corrected chi connectivity index (χ1v) is 8.68. The van der Waals surface area contributed by atoms with Crippen molar-refractivity contribution in [2.45, 2.75) is 43.7 Å². The summed E-state index contributed by atoms with van der Waals surface area (Å²) < 4.78 is 12.3. The van der Waals surface area contributed by atoms with Gasteiger partial charge in [-0.15, -0.1) is 0 Å². The van der Waals surface area contributed by atoms with Gasteiger partial charge in [0.25, 0.3) is 6.02 Å². The maximum atomic E-state index is 5.92. The van der Waals surface area contributed by atoms with Crippen LogP contribution in [0.2, 0.25) is 0 Å². The molecule has 4 rings (SSSR count). The molecular formula is C17H21BrN2O2. The third-order valence-electron chi connectivity index (χ3n) is 5.88. The van der Waals surface area contributed by atoms with E-state index in [1.54, 1.807) is 0 Å². The number of nitrogens with two attached hydrogens (primary N) is 1. The van der Waals surface area contributed by atoms with Crippen LogP contribution in [0.1, 0.15) is 36.8 Å². The topological polar surface area (TPSA) is 56.8 Å². The van der Waals surface area contributed by atoms with E-state index in [2.05, 4.69) is 34.1 Å². The molecule has 0 radical (unpaired) electrons. The van der Waals surface area contributed by atoms with Crippen LogP contribution in [-0.4, -0.2) is 25.8 Å². The molecular weight excluding hydrogens is 344 g/mol. The summed E-state index contributed by atoms with van der Waals surface area (Å²) in [5.41, 5.74) is 8.41. The first-order chi connectivity index (χ1) is 10.6. The smallest absolute Gasteiger partial charge is 0.283 e. The fourth-order valence-corrected chi connectivity index (χ4v) is 5.06. The molecule has 1 aromatic rings. The van der Waals surface area contributed by atoms with Gasteiger partial charge in [0.2, 0.25) is 0 Å². The molecule has 2 spiro atoms. The fraction of sp³-hybridized carbons (Fsp3) is 0.588. The van der Waals surface area contributed by atoms with Gasteiger partial charge in [-0.05, 0) is 55.4 Å². The maximum absolute atomic E-state index is 5.92. The highest BCUT2D eigenvalue weighted by molar-refractivity contribution is 9.10. The van der Waals surface area contributed by atoms with Crippen LogP contribution >= 0.6 is 15.9 Å². The lowest BCUT2D eigenvalue weighted by Crippen LogP contribution is -2.46. The number of hydrogen-bond acceptors (Lipinski definition) is 4. The van der Waals surface area contributed by atoms with Crippen molar-refractivity contribution in [1.82, 2.24) is 0 Å². The minimum absolute atomic E-state index is 0.117. The molecule has 3 aliphatic rings. The van der Waals surface area contributed by atoms with E-state index in [-0.39, 0.29) is 11.0 Å². The second-order valence-corrected chi connectivity index (χ2v) is 7.71. The van der Waals surface area contributed by atoms with Crippen LogP contribution in [0.15, 0.2) is 27.7 Å². The molecule has 0 amide bonds. The molecule has 1 unspecified atom stereocenters. The van der Waals surface area contributed by atoms with Gasteiger partial charge in [-0.25, -0.2) is 4.99 Å². The Morgan fingerprint density at radius 2 is 2.14 bits per heavy atom. The Bertz CT molecular complexity index is 638. The third-order valence-corrected chi connectivity index (χ3v) is 6.37. The average Bonchev–Trinajstić information content (AvgIpc) is 3.03. The first-order valence-electron chi connectivity index (χ1n) is 7.88. The van der Waals surface area contributed by atoms with E-state index < -0.39 is 0 Å². The quantitative estimate of drug-likeness (QED) is 0.832. The predicted octanol–water partition coefficient (Wildman–Crippen LogP) is 3.12. The number of halogens is 1. The summed E-state index contributed by atoms with van der Waals surface area (Å²) >= 11 is 3.60. The minimum Gasteiger partial charge on any atom is -0.462 e. The molecule has 1 atom stereocenters. The summed E-state index contributed by atoms with van der Waals surface area (Å²) in [6.07, 6.45) is 5.83. The van der Waals surface area contributed by atoms with Crippen molar-refractivity contribution in [3.05, 3.63) is 33.8 Å². The highest BCUT2D eigenvalue weighted by Gasteiger charge is 2.61. The number of ether oxygens (including phenoxy) is 2. The lowest BCUT2D eigenvalue weighted by Gasteiger charge is -2.45. The molecule has 1 aliphatic heterocycles. The number of amidine groups is 1. The van der Waals surface area contributed by atoms with Crippen LogP contribution in [0.25, 0.3) is 0 Å². The zero-order chi connectivity index (χ0) is 15.4. The van der Waals surface area contributed by atoms with Gasteiger partial charge in [-0.2, -0.15) is 0 Å². The molecule has 0 bridgehead atoms. The van der Waals surface area contributed by atoms with Crippen LogP contribution in [0, 0.1) is 5.41 Å². The van der Waals surface area contributed by atoms with Crippen molar-refractivity contribution >= 4 is 22.0 Å². The Labute approximate surface area is 139 Å². The van der Waals surface area contributed by atoms with Crippen LogP contribution in [0.5, 0.6) is 0 Å². The monoisotopic (exact) mass is 364 g/mol. The molecule has 118 valence electrons. The van der Waals surface area contributed by atoms with Gasteiger partial charge in [0.05, 0.1) is 6.10 Å². The Kier molecular flexibility index (Phi) is 3.28. The molecule has 1 heterocycles. The van der Waals surface area contributed by atoms with E-state index >= 15 is 0 Å². The highest BCUT2D eigenvalue weighted by atomic mass is 79.9. The maximum Gasteiger partial charge on any atom is 0.283 e.